The average Bonchev–Trinajstić information content (AvgIpc) is 2.81. The van der Waals surface area contributed by atoms with E-state index in [9.17, 15) is 0 Å². The van der Waals surface area contributed by atoms with Crippen molar-refractivity contribution in [1.29, 1.82) is 0 Å². The Hall–Kier alpha value is -0.900. The lowest BCUT2D eigenvalue weighted by Crippen LogP contribution is -2.21. The highest BCUT2D eigenvalue weighted by Crippen LogP contribution is 2.25. The number of aromatic nitrogens is 1. The lowest BCUT2D eigenvalue weighted by atomic mass is 10.1. The highest BCUT2D eigenvalue weighted by molar-refractivity contribution is 7.10. The second-order valence-corrected chi connectivity index (χ2v) is 4.82. The van der Waals surface area contributed by atoms with Crippen molar-refractivity contribution in [3.8, 4) is 0 Å². The number of nitrogens with zero attached hydrogens (tertiary/aromatic N) is 1. The molecule has 16 heavy (non-hydrogen) atoms. The predicted octanol–water partition coefficient (Wildman–Crippen LogP) is 3.50. The molecule has 4 heteroatoms. The third-order valence-corrected chi connectivity index (χ3v) is 3.44. The van der Waals surface area contributed by atoms with E-state index in [1.807, 2.05) is 12.1 Å². The predicted molar refractivity (Wildman–Crippen MR) is 69.1 cm³/mol. The van der Waals surface area contributed by atoms with E-state index < -0.39 is 0 Å². The molecule has 0 radical (unpaired) electrons. The number of rotatable bonds is 4. The van der Waals surface area contributed by atoms with E-state index in [0.717, 1.165) is 12.2 Å². The molecule has 0 aliphatic rings. The van der Waals surface area contributed by atoms with E-state index in [1.54, 1.807) is 17.5 Å². The third-order valence-electron chi connectivity index (χ3n) is 2.28. The number of nitrogens with one attached hydrogen (secondary N) is 1. The van der Waals surface area contributed by atoms with Gasteiger partial charge in [0, 0.05) is 11.1 Å². The van der Waals surface area contributed by atoms with Crippen LogP contribution in [0.25, 0.3) is 0 Å². The molecule has 1 unspecified atom stereocenters. The maximum atomic E-state index is 5.84. The summed E-state index contributed by atoms with van der Waals surface area (Å²) in [5.74, 6) is 0. The number of thiophene rings is 1. The second-order valence-electron chi connectivity index (χ2n) is 3.41. The Bertz CT molecular complexity index is 425. The van der Waals surface area contributed by atoms with Crippen molar-refractivity contribution in [1.82, 2.24) is 10.3 Å². The maximum Gasteiger partial charge on any atom is 0.0844 e. The number of halogens is 1. The first kappa shape index (κ1) is 11.6. The number of pyridine rings is 1. The molecule has 0 aliphatic carbocycles. The van der Waals surface area contributed by atoms with Crippen LogP contribution in [0.5, 0.6) is 0 Å². The Morgan fingerprint density at radius 3 is 2.88 bits per heavy atom. The lowest BCUT2D eigenvalue weighted by molar-refractivity contribution is 0.624. The minimum absolute atomic E-state index is 0.169. The second kappa shape index (κ2) is 5.43. The van der Waals surface area contributed by atoms with E-state index in [1.165, 1.54) is 4.88 Å². The van der Waals surface area contributed by atoms with Gasteiger partial charge < -0.3 is 5.32 Å². The van der Waals surface area contributed by atoms with Crippen molar-refractivity contribution in [2.75, 3.05) is 6.54 Å². The topological polar surface area (TPSA) is 24.9 Å². The molecule has 1 atom stereocenters. The molecule has 0 bridgehead atoms. The van der Waals surface area contributed by atoms with Gasteiger partial charge in [-0.25, -0.2) is 0 Å². The smallest absolute Gasteiger partial charge is 0.0844 e. The molecule has 2 heterocycles. The summed E-state index contributed by atoms with van der Waals surface area (Å²) in [5.41, 5.74) is 1.01. The summed E-state index contributed by atoms with van der Waals surface area (Å²) in [5, 5.41) is 6.18. The quantitative estimate of drug-likeness (QED) is 0.901. The molecule has 0 aliphatic heterocycles. The molecule has 1 N–H and O–H groups in total. The highest BCUT2D eigenvalue weighted by atomic mass is 35.5. The standard InChI is InChI=1S/C12H13ClN2S/c1-2-14-12(11-4-3-7-16-11)10-6-5-9(13)8-15-10/h3-8,12,14H,2H2,1H3. The van der Waals surface area contributed by atoms with Gasteiger partial charge in [-0.15, -0.1) is 11.3 Å². The number of hydrogen-bond donors (Lipinski definition) is 1. The fourth-order valence-corrected chi connectivity index (χ4v) is 2.49. The molecule has 0 amide bonds. The van der Waals surface area contributed by atoms with Gasteiger partial charge in [0.2, 0.25) is 0 Å². The fourth-order valence-electron chi connectivity index (χ4n) is 1.57. The minimum Gasteiger partial charge on any atom is -0.305 e. The van der Waals surface area contributed by atoms with Crippen LogP contribution in [-0.4, -0.2) is 11.5 Å². The van der Waals surface area contributed by atoms with Gasteiger partial charge in [0.25, 0.3) is 0 Å². The SMILES string of the molecule is CCNC(c1ccc(Cl)cn1)c1cccs1. The molecule has 2 aromatic rings. The summed E-state index contributed by atoms with van der Waals surface area (Å²) in [6.07, 6.45) is 1.69. The Balaban J connectivity index is 2.29. The van der Waals surface area contributed by atoms with Crippen LogP contribution in [0.3, 0.4) is 0 Å². The van der Waals surface area contributed by atoms with Gasteiger partial charge in [0.05, 0.1) is 16.8 Å². The summed E-state index contributed by atoms with van der Waals surface area (Å²) in [6.45, 7) is 3.00. The van der Waals surface area contributed by atoms with Crippen molar-refractivity contribution in [2.24, 2.45) is 0 Å². The van der Waals surface area contributed by atoms with Crippen LogP contribution in [0, 0.1) is 0 Å². The van der Waals surface area contributed by atoms with Crippen LogP contribution in [-0.2, 0) is 0 Å². The van der Waals surface area contributed by atoms with Crippen molar-refractivity contribution in [3.63, 3.8) is 0 Å². The Labute approximate surface area is 104 Å². The normalized spacial score (nSPS) is 12.6. The van der Waals surface area contributed by atoms with Gasteiger partial charge in [-0.1, -0.05) is 24.6 Å². The third kappa shape index (κ3) is 2.61. The molecule has 0 fully saturated rings. The Kier molecular flexibility index (Phi) is 3.93. The molecule has 2 rings (SSSR count). The molecule has 84 valence electrons. The lowest BCUT2D eigenvalue weighted by Gasteiger charge is -2.15. The molecule has 0 saturated carbocycles. The zero-order valence-electron chi connectivity index (χ0n) is 8.98. The van der Waals surface area contributed by atoms with Crippen LogP contribution in [0.1, 0.15) is 23.5 Å². The van der Waals surface area contributed by atoms with Crippen molar-refractivity contribution < 1.29 is 0 Å². The summed E-state index contributed by atoms with van der Waals surface area (Å²) in [7, 11) is 0. The first-order valence-electron chi connectivity index (χ1n) is 5.19. The van der Waals surface area contributed by atoms with Gasteiger partial charge in [-0.05, 0) is 30.1 Å². The van der Waals surface area contributed by atoms with E-state index in [-0.39, 0.29) is 6.04 Å². The summed E-state index contributed by atoms with van der Waals surface area (Å²) in [4.78, 5) is 5.64. The van der Waals surface area contributed by atoms with Gasteiger partial charge in [0.1, 0.15) is 0 Å². The van der Waals surface area contributed by atoms with Crippen molar-refractivity contribution in [3.05, 3.63) is 51.4 Å². The molecule has 2 aromatic heterocycles. The summed E-state index contributed by atoms with van der Waals surface area (Å²) < 4.78 is 0. The van der Waals surface area contributed by atoms with Crippen LogP contribution in [0.4, 0.5) is 0 Å². The molecule has 0 saturated heterocycles. The van der Waals surface area contributed by atoms with Crippen LogP contribution < -0.4 is 5.32 Å². The van der Waals surface area contributed by atoms with Gasteiger partial charge >= 0.3 is 0 Å². The Morgan fingerprint density at radius 2 is 2.31 bits per heavy atom. The number of hydrogen-bond acceptors (Lipinski definition) is 3. The zero-order chi connectivity index (χ0) is 11.4. The van der Waals surface area contributed by atoms with Crippen LogP contribution in [0.15, 0.2) is 35.8 Å². The van der Waals surface area contributed by atoms with Gasteiger partial charge in [-0.2, -0.15) is 0 Å². The molecular formula is C12H13ClN2S. The minimum atomic E-state index is 0.169. The van der Waals surface area contributed by atoms with Gasteiger partial charge in [-0.3, -0.25) is 4.98 Å². The van der Waals surface area contributed by atoms with Crippen molar-refractivity contribution in [2.45, 2.75) is 13.0 Å². The largest absolute Gasteiger partial charge is 0.305 e. The zero-order valence-corrected chi connectivity index (χ0v) is 10.6. The fraction of sp³-hybridized carbons (Fsp3) is 0.250. The maximum absolute atomic E-state index is 5.84. The first-order valence-corrected chi connectivity index (χ1v) is 6.45. The van der Waals surface area contributed by atoms with E-state index in [0.29, 0.717) is 5.02 Å². The first-order chi connectivity index (χ1) is 7.81. The van der Waals surface area contributed by atoms with E-state index >= 15 is 0 Å². The average molecular weight is 253 g/mol. The molecule has 0 aromatic carbocycles. The summed E-state index contributed by atoms with van der Waals surface area (Å²) in [6, 6.07) is 8.19. The monoisotopic (exact) mass is 252 g/mol. The molecular weight excluding hydrogens is 240 g/mol. The summed E-state index contributed by atoms with van der Waals surface area (Å²) >= 11 is 7.57. The Morgan fingerprint density at radius 1 is 1.44 bits per heavy atom. The van der Waals surface area contributed by atoms with Crippen molar-refractivity contribution >= 4 is 22.9 Å². The van der Waals surface area contributed by atoms with E-state index in [2.05, 4.69) is 34.7 Å². The highest BCUT2D eigenvalue weighted by Gasteiger charge is 2.14. The van der Waals surface area contributed by atoms with Crippen LogP contribution >= 0.6 is 22.9 Å². The molecule has 2 nitrogen and oxygen atoms in total. The van der Waals surface area contributed by atoms with Crippen LogP contribution in [0.2, 0.25) is 5.02 Å². The molecule has 0 spiro atoms. The van der Waals surface area contributed by atoms with E-state index in [4.69, 9.17) is 11.6 Å². The van der Waals surface area contributed by atoms with Gasteiger partial charge in [0.15, 0.2) is 0 Å².